The number of rotatable bonds is 12. The van der Waals surface area contributed by atoms with Gasteiger partial charge in [0, 0.05) is 42.2 Å². The van der Waals surface area contributed by atoms with Crippen LogP contribution in [0.15, 0.2) is 34.7 Å². The minimum Gasteiger partial charge on any atom is -0.493 e. The first kappa shape index (κ1) is 31.6. The molecule has 1 aromatic carbocycles. The summed E-state index contributed by atoms with van der Waals surface area (Å²) in [4.78, 5) is 21.9. The largest absolute Gasteiger partial charge is 0.493 e. The van der Waals surface area contributed by atoms with Crippen LogP contribution in [-0.2, 0) is 4.79 Å². The average molecular weight is 620 g/mol. The maximum Gasteiger partial charge on any atom is 0.246 e. The fourth-order valence-corrected chi connectivity index (χ4v) is 7.40. The molecule has 10 heteroatoms. The van der Waals surface area contributed by atoms with Crippen LogP contribution in [0.25, 0.3) is 22.4 Å². The first-order valence-corrected chi connectivity index (χ1v) is 16.9. The van der Waals surface area contributed by atoms with Crippen molar-refractivity contribution in [1.82, 2.24) is 20.3 Å². The molecule has 3 fully saturated rings. The molecule has 0 radical (unpaired) electrons. The molecule has 0 spiro atoms. The summed E-state index contributed by atoms with van der Waals surface area (Å²) in [5.41, 5.74) is 4.49. The molecular formula is C35H49N5O5. The number of carbonyl (C=O) groups is 1. The highest BCUT2D eigenvalue weighted by Gasteiger charge is 2.31. The molecular weight excluding hydrogens is 570 g/mol. The van der Waals surface area contributed by atoms with E-state index in [0.717, 1.165) is 116 Å². The Morgan fingerprint density at radius 2 is 1.80 bits per heavy atom. The quantitative estimate of drug-likeness (QED) is 0.130. The summed E-state index contributed by atoms with van der Waals surface area (Å²) in [5.74, 6) is 3.32. The number of benzene rings is 1. The molecule has 4 heterocycles. The second-order valence-electron chi connectivity index (χ2n) is 13.1. The van der Waals surface area contributed by atoms with Crippen molar-refractivity contribution in [3.63, 3.8) is 0 Å². The first-order chi connectivity index (χ1) is 22.0. The Hall–Kier alpha value is -3.34. The van der Waals surface area contributed by atoms with Crippen LogP contribution < -0.4 is 20.3 Å². The van der Waals surface area contributed by atoms with E-state index in [1.807, 2.05) is 36.7 Å². The topological polar surface area (TPSA) is 112 Å². The van der Waals surface area contributed by atoms with Crippen molar-refractivity contribution in [1.29, 1.82) is 0 Å². The number of carbonyl (C=O) groups excluding carboxylic acids is 1. The Balaban J connectivity index is 1.12. The summed E-state index contributed by atoms with van der Waals surface area (Å²) >= 11 is 0. The van der Waals surface area contributed by atoms with E-state index in [1.54, 1.807) is 7.11 Å². The number of hydrogen-bond acceptors (Lipinski definition) is 9. The van der Waals surface area contributed by atoms with E-state index in [4.69, 9.17) is 24.1 Å². The average Bonchev–Trinajstić information content (AvgIpc) is 3.77. The van der Waals surface area contributed by atoms with Gasteiger partial charge in [-0.15, -0.1) is 0 Å². The number of nitrogens with zero attached hydrogens (tertiary/aromatic N) is 3. The van der Waals surface area contributed by atoms with Crippen LogP contribution in [0.5, 0.6) is 11.5 Å². The molecule has 6 rings (SSSR count). The number of anilines is 1. The SMILES string of the molecule is COc1cc2c(NCC3CCN(C4CCC(C(=O)NO)CC4)CC3)cc(-c3ccc(C)o3)nc2cc1OCCCN1CCCC1. The summed E-state index contributed by atoms with van der Waals surface area (Å²) in [6.45, 7) is 9.08. The number of fused-ring (bicyclic) bond motifs is 1. The van der Waals surface area contributed by atoms with Crippen molar-refractivity contribution in [2.45, 2.75) is 70.8 Å². The second-order valence-corrected chi connectivity index (χ2v) is 13.1. The van der Waals surface area contributed by atoms with Gasteiger partial charge >= 0.3 is 0 Å². The van der Waals surface area contributed by atoms with Gasteiger partial charge in [-0.05, 0) is 121 Å². The lowest BCUT2D eigenvalue weighted by Crippen LogP contribution is -2.45. The van der Waals surface area contributed by atoms with E-state index in [1.165, 1.54) is 25.9 Å². The van der Waals surface area contributed by atoms with Gasteiger partial charge in [0.25, 0.3) is 0 Å². The molecule has 2 aliphatic heterocycles. The van der Waals surface area contributed by atoms with E-state index in [0.29, 0.717) is 18.6 Å². The molecule has 244 valence electrons. The molecule has 3 aliphatic rings. The van der Waals surface area contributed by atoms with Crippen molar-refractivity contribution in [3.05, 3.63) is 36.1 Å². The molecule has 45 heavy (non-hydrogen) atoms. The van der Waals surface area contributed by atoms with E-state index in [2.05, 4.69) is 21.2 Å². The lowest BCUT2D eigenvalue weighted by molar-refractivity contribution is -0.134. The molecule has 3 aromatic rings. The number of hydroxylamine groups is 1. The van der Waals surface area contributed by atoms with Crippen LogP contribution in [0.4, 0.5) is 5.69 Å². The van der Waals surface area contributed by atoms with Gasteiger partial charge in [0.1, 0.15) is 11.5 Å². The summed E-state index contributed by atoms with van der Waals surface area (Å²) in [6, 6.07) is 10.6. The lowest BCUT2D eigenvalue weighted by Gasteiger charge is -2.40. The van der Waals surface area contributed by atoms with Gasteiger partial charge in [-0.2, -0.15) is 0 Å². The normalized spacial score (nSPS) is 21.7. The van der Waals surface area contributed by atoms with E-state index in [9.17, 15) is 4.79 Å². The Kier molecular flexibility index (Phi) is 10.4. The van der Waals surface area contributed by atoms with Crippen molar-refractivity contribution in [2.75, 3.05) is 58.3 Å². The van der Waals surface area contributed by atoms with Crippen LogP contribution in [0.3, 0.4) is 0 Å². The molecule has 1 amide bonds. The zero-order valence-electron chi connectivity index (χ0n) is 26.9. The zero-order valence-corrected chi connectivity index (χ0v) is 26.9. The summed E-state index contributed by atoms with van der Waals surface area (Å²) in [6.07, 6.45) is 9.58. The van der Waals surface area contributed by atoms with Crippen LogP contribution in [0.2, 0.25) is 0 Å². The number of aromatic nitrogens is 1. The third kappa shape index (κ3) is 7.73. The lowest BCUT2D eigenvalue weighted by atomic mass is 9.83. The Morgan fingerprint density at radius 3 is 2.49 bits per heavy atom. The number of furan rings is 1. The highest BCUT2D eigenvalue weighted by molar-refractivity contribution is 5.95. The first-order valence-electron chi connectivity index (χ1n) is 16.9. The number of nitrogens with one attached hydrogen (secondary N) is 2. The molecule has 2 saturated heterocycles. The number of piperidine rings is 1. The monoisotopic (exact) mass is 619 g/mol. The van der Waals surface area contributed by atoms with Crippen LogP contribution in [0.1, 0.15) is 63.5 Å². The van der Waals surface area contributed by atoms with Gasteiger partial charge in [0.05, 0.1) is 19.2 Å². The van der Waals surface area contributed by atoms with Gasteiger partial charge in [0.15, 0.2) is 17.3 Å². The third-order valence-electron chi connectivity index (χ3n) is 10.1. The van der Waals surface area contributed by atoms with Gasteiger partial charge < -0.3 is 29.0 Å². The zero-order chi connectivity index (χ0) is 31.2. The predicted octanol–water partition coefficient (Wildman–Crippen LogP) is 5.86. The van der Waals surface area contributed by atoms with Crippen LogP contribution in [0, 0.1) is 18.8 Å². The Bertz CT molecular complexity index is 1420. The maximum atomic E-state index is 11.8. The minimum absolute atomic E-state index is 0.0563. The van der Waals surface area contributed by atoms with E-state index >= 15 is 0 Å². The fourth-order valence-electron chi connectivity index (χ4n) is 7.40. The highest BCUT2D eigenvalue weighted by atomic mass is 16.5. The fraction of sp³-hybridized carbons (Fsp3) is 0.600. The van der Waals surface area contributed by atoms with E-state index in [-0.39, 0.29) is 11.8 Å². The van der Waals surface area contributed by atoms with Crippen molar-refractivity contribution >= 4 is 22.5 Å². The van der Waals surface area contributed by atoms with Gasteiger partial charge in [0.2, 0.25) is 5.91 Å². The standard InChI is InChI=1S/C35H49N5O5/c1-24-6-11-32(45-24)31-21-29(36-23-25-12-17-40(18-13-25)27-9-7-26(8-10-27)35(41)38-42)28-20-33(43-2)34(22-30(28)37-31)44-19-5-16-39-14-3-4-15-39/h6,11,20-22,25-27,42H,3-5,7-10,12-19,23H2,1-2H3,(H,36,37)(H,38,41). The molecule has 1 saturated carbocycles. The van der Waals surface area contributed by atoms with Crippen molar-refractivity contribution < 1.29 is 23.9 Å². The number of pyridine rings is 1. The Labute approximate surface area is 266 Å². The van der Waals surface area contributed by atoms with Crippen molar-refractivity contribution in [3.8, 4) is 23.0 Å². The molecule has 1 aliphatic carbocycles. The number of amides is 1. The smallest absolute Gasteiger partial charge is 0.246 e. The van der Waals surface area contributed by atoms with Gasteiger partial charge in [-0.1, -0.05) is 0 Å². The highest BCUT2D eigenvalue weighted by Crippen LogP contribution is 2.38. The number of methoxy groups -OCH3 is 1. The van der Waals surface area contributed by atoms with Gasteiger partial charge in [-0.25, -0.2) is 10.5 Å². The number of hydrogen-bond donors (Lipinski definition) is 3. The van der Waals surface area contributed by atoms with E-state index < -0.39 is 0 Å². The summed E-state index contributed by atoms with van der Waals surface area (Å²) < 4.78 is 18.0. The third-order valence-corrected chi connectivity index (χ3v) is 10.1. The van der Waals surface area contributed by atoms with Crippen LogP contribution >= 0.6 is 0 Å². The molecule has 10 nitrogen and oxygen atoms in total. The van der Waals surface area contributed by atoms with Gasteiger partial charge in [-0.3, -0.25) is 10.0 Å². The van der Waals surface area contributed by atoms with Crippen LogP contribution in [-0.4, -0.2) is 84.9 Å². The number of likely N-dealkylation sites (tertiary alicyclic amines) is 2. The maximum absolute atomic E-state index is 11.8. The molecule has 2 aromatic heterocycles. The minimum atomic E-state index is -0.235. The predicted molar refractivity (Wildman–Crippen MR) is 175 cm³/mol. The van der Waals surface area contributed by atoms with Crippen molar-refractivity contribution in [2.24, 2.45) is 11.8 Å². The summed E-state index contributed by atoms with van der Waals surface area (Å²) in [5, 5.41) is 13.8. The summed E-state index contributed by atoms with van der Waals surface area (Å²) in [7, 11) is 1.69. The Morgan fingerprint density at radius 1 is 1.02 bits per heavy atom. The molecule has 3 N–H and O–H groups in total. The number of ether oxygens (including phenoxy) is 2. The number of aryl methyl sites for hydroxylation is 1. The molecule has 0 unspecified atom stereocenters. The second kappa shape index (κ2) is 14.8. The molecule has 0 bridgehead atoms. The molecule has 0 atom stereocenters.